The molecular weight excluding hydrogens is 442 g/mol. The van der Waals surface area contributed by atoms with Gasteiger partial charge in [0.05, 0.1) is 13.7 Å². The fourth-order valence-corrected chi connectivity index (χ4v) is 3.22. The lowest BCUT2D eigenvalue weighted by Crippen LogP contribution is -2.56. The molecule has 1 aromatic carbocycles. The Kier molecular flexibility index (Phi) is 11.0. The van der Waals surface area contributed by atoms with E-state index in [1.807, 2.05) is 19.9 Å². The van der Waals surface area contributed by atoms with Gasteiger partial charge in [0, 0.05) is 6.04 Å². The van der Waals surface area contributed by atoms with Gasteiger partial charge < -0.3 is 30.1 Å². The molecule has 0 saturated heterocycles. The minimum Gasteiger partial charge on any atom is -0.468 e. The molecule has 0 aliphatic heterocycles. The number of nitrogens with one attached hydrogen (secondary N) is 2. The number of carbonyl (C=O) groups excluding carboxylic acids is 4. The molecule has 190 valence electrons. The molecule has 0 saturated carbocycles. The maximum Gasteiger partial charge on any atom is 0.408 e. The van der Waals surface area contributed by atoms with E-state index >= 15 is 0 Å². The molecule has 0 spiro atoms. The highest BCUT2D eigenvalue weighted by Gasteiger charge is 2.38. The summed E-state index contributed by atoms with van der Waals surface area (Å²) in [6.07, 6.45) is -0.380. The molecule has 3 N–H and O–H groups in total. The summed E-state index contributed by atoms with van der Waals surface area (Å²) in [4.78, 5) is 52.1. The van der Waals surface area contributed by atoms with Crippen molar-refractivity contribution >= 4 is 23.9 Å². The van der Waals surface area contributed by atoms with Crippen molar-refractivity contribution in [3.8, 4) is 0 Å². The van der Waals surface area contributed by atoms with Crippen molar-refractivity contribution in [2.75, 3.05) is 20.3 Å². The van der Waals surface area contributed by atoms with Crippen molar-refractivity contribution in [3.63, 3.8) is 0 Å². The van der Waals surface area contributed by atoms with Crippen molar-refractivity contribution in [2.24, 2.45) is 0 Å². The molecule has 0 bridgehead atoms. The van der Waals surface area contributed by atoms with Crippen LogP contribution in [0.2, 0.25) is 0 Å². The number of hydrogen-bond donors (Lipinski definition) is 3. The lowest BCUT2D eigenvalue weighted by Gasteiger charge is -2.38. The van der Waals surface area contributed by atoms with Gasteiger partial charge in [0.2, 0.25) is 11.8 Å². The van der Waals surface area contributed by atoms with Crippen LogP contribution < -0.4 is 10.6 Å². The van der Waals surface area contributed by atoms with Crippen LogP contribution in [0, 0.1) is 6.92 Å². The van der Waals surface area contributed by atoms with Gasteiger partial charge in [0.25, 0.3) is 0 Å². The molecule has 0 aromatic heterocycles. The molecule has 0 aliphatic rings. The average molecular weight is 480 g/mol. The summed E-state index contributed by atoms with van der Waals surface area (Å²) < 4.78 is 9.80. The Labute approximate surface area is 201 Å². The number of methoxy groups -OCH3 is 1. The van der Waals surface area contributed by atoms with Crippen LogP contribution in [0.25, 0.3) is 0 Å². The van der Waals surface area contributed by atoms with Crippen molar-refractivity contribution in [2.45, 2.75) is 71.7 Å². The fraction of sp³-hybridized carbons (Fsp3) is 0.583. The smallest absolute Gasteiger partial charge is 0.408 e. The summed E-state index contributed by atoms with van der Waals surface area (Å²) in [5.74, 6) is -1.90. The number of benzene rings is 1. The molecule has 0 aliphatic carbocycles. The predicted octanol–water partition coefficient (Wildman–Crippen LogP) is 1.84. The van der Waals surface area contributed by atoms with E-state index < -0.39 is 54.2 Å². The molecule has 3 atom stereocenters. The number of amides is 3. The first-order valence-corrected chi connectivity index (χ1v) is 11.2. The number of aliphatic hydroxyl groups excluding tert-OH is 1. The van der Waals surface area contributed by atoms with Gasteiger partial charge in [-0.3, -0.25) is 14.4 Å². The highest BCUT2D eigenvalue weighted by molar-refractivity contribution is 5.93. The predicted molar refractivity (Wildman–Crippen MR) is 126 cm³/mol. The molecule has 0 heterocycles. The lowest BCUT2D eigenvalue weighted by atomic mass is 9.98. The molecule has 3 unspecified atom stereocenters. The highest BCUT2D eigenvalue weighted by Crippen LogP contribution is 2.27. The third-order valence-corrected chi connectivity index (χ3v) is 5.01. The van der Waals surface area contributed by atoms with Crippen molar-refractivity contribution < 1.29 is 33.8 Å². The zero-order valence-electron chi connectivity index (χ0n) is 21.0. The fourth-order valence-electron chi connectivity index (χ4n) is 3.22. The van der Waals surface area contributed by atoms with Crippen LogP contribution in [0.4, 0.5) is 4.79 Å². The topological polar surface area (TPSA) is 134 Å². The van der Waals surface area contributed by atoms with Gasteiger partial charge in [-0.25, -0.2) is 4.79 Å². The van der Waals surface area contributed by atoms with Crippen LogP contribution in [0.15, 0.2) is 24.3 Å². The summed E-state index contributed by atoms with van der Waals surface area (Å²) in [6.45, 7) is 9.40. The first-order chi connectivity index (χ1) is 15.8. The maximum absolute atomic E-state index is 13.6. The standard InChI is InChI=1S/C24H37N3O7/c1-8-16(3)27(22(31)18(14-28)26-23(32)34-24(4,5)6)20(17-11-9-10-15(2)12-17)21(30)25-13-19(29)33-7/h9-12,16,18,20,28H,8,13-14H2,1-7H3,(H,25,30)(H,26,32). The number of aliphatic hydroxyl groups is 1. The van der Waals surface area contributed by atoms with Crippen LogP contribution in [0.1, 0.15) is 58.2 Å². The van der Waals surface area contributed by atoms with Crippen LogP contribution in [0.3, 0.4) is 0 Å². The summed E-state index contributed by atoms with van der Waals surface area (Å²) >= 11 is 0. The number of nitrogens with zero attached hydrogens (tertiary/aromatic N) is 1. The molecule has 0 fully saturated rings. The summed E-state index contributed by atoms with van der Waals surface area (Å²) in [6, 6.07) is 4.16. The Morgan fingerprint density at radius 3 is 2.32 bits per heavy atom. The first kappa shape index (κ1) is 28.9. The van der Waals surface area contributed by atoms with E-state index in [1.165, 1.54) is 12.0 Å². The third kappa shape index (κ3) is 8.66. The second kappa shape index (κ2) is 12.9. The number of esters is 1. The van der Waals surface area contributed by atoms with E-state index in [0.717, 1.165) is 5.56 Å². The highest BCUT2D eigenvalue weighted by atomic mass is 16.6. The van der Waals surface area contributed by atoms with Gasteiger partial charge in [-0.05, 0) is 46.6 Å². The normalized spacial score (nSPS) is 13.8. The van der Waals surface area contributed by atoms with E-state index in [9.17, 15) is 24.3 Å². The Morgan fingerprint density at radius 2 is 1.82 bits per heavy atom. The van der Waals surface area contributed by atoms with Gasteiger partial charge in [-0.2, -0.15) is 0 Å². The van der Waals surface area contributed by atoms with Gasteiger partial charge in [-0.15, -0.1) is 0 Å². The zero-order chi connectivity index (χ0) is 26.1. The average Bonchev–Trinajstić information content (AvgIpc) is 2.76. The number of ether oxygens (including phenoxy) is 2. The Hall–Kier alpha value is -3.14. The van der Waals surface area contributed by atoms with Crippen LogP contribution in [-0.4, -0.2) is 71.8 Å². The molecule has 0 radical (unpaired) electrons. The quantitative estimate of drug-likeness (QED) is 0.436. The SMILES string of the molecule is CCC(C)N(C(=O)C(CO)NC(=O)OC(C)(C)C)C(C(=O)NCC(=O)OC)c1cccc(C)c1. The minimum absolute atomic E-state index is 0.375. The Bertz CT molecular complexity index is 866. The van der Waals surface area contributed by atoms with E-state index in [-0.39, 0.29) is 6.54 Å². The van der Waals surface area contributed by atoms with Gasteiger partial charge >= 0.3 is 12.1 Å². The minimum atomic E-state index is -1.34. The van der Waals surface area contributed by atoms with Crippen molar-refractivity contribution in [3.05, 3.63) is 35.4 Å². The van der Waals surface area contributed by atoms with Gasteiger partial charge in [0.15, 0.2) is 0 Å². The summed E-state index contributed by atoms with van der Waals surface area (Å²) in [5.41, 5.74) is 0.580. The molecule has 1 rings (SSSR count). The third-order valence-electron chi connectivity index (χ3n) is 5.01. The zero-order valence-corrected chi connectivity index (χ0v) is 21.0. The molecular formula is C24H37N3O7. The monoisotopic (exact) mass is 479 g/mol. The first-order valence-electron chi connectivity index (χ1n) is 11.2. The van der Waals surface area contributed by atoms with Crippen LogP contribution >= 0.6 is 0 Å². The number of carbonyl (C=O) groups is 4. The van der Waals surface area contributed by atoms with Crippen molar-refractivity contribution in [1.82, 2.24) is 15.5 Å². The lowest BCUT2D eigenvalue weighted by molar-refractivity contribution is -0.147. The maximum atomic E-state index is 13.6. The molecule has 10 heteroatoms. The molecule has 34 heavy (non-hydrogen) atoms. The van der Waals surface area contributed by atoms with Gasteiger partial charge in [-0.1, -0.05) is 36.8 Å². The number of hydrogen-bond acceptors (Lipinski definition) is 7. The number of alkyl carbamates (subject to hydrolysis) is 1. The van der Waals surface area contributed by atoms with Gasteiger partial charge in [0.1, 0.15) is 24.2 Å². The van der Waals surface area contributed by atoms with Crippen molar-refractivity contribution in [1.29, 1.82) is 0 Å². The number of rotatable bonds is 10. The molecule has 3 amide bonds. The molecule has 10 nitrogen and oxygen atoms in total. The Balaban J connectivity index is 3.41. The van der Waals surface area contributed by atoms with E-state index in [0.29, 0.717) is 12.0 Å². The largest absolute Gasteiger partial charge is 0.468 e. The van der Waals surface area contributed by atoms with Crippen LogP contribution in [0.5, 0.6) is 0 Å². The molecule has 1 aromatic rings. The van der Waals surface area contributed by atoms with Crippen LogP contribution in [-0.2, 0) is 23.9 Å². The summed E-state index contributed by atoms with van der Waals surface area (Å²) in [5, 5.41) is 14.8. The second-order valence-electron chi connectivity index (χ2n) is 8.99. The Morgan fingerprint density at radius 1 is 1.18 bits per heavy atom. The van der Waals surface area contributed by atoms with E-state index in [1.54, 1.807) is 45.9 Å². The van der Waals surface area contributed by atoms with E-state index in [2.05, 4.69) is 15.4 Å². The number of aryl methyl sites for hydroxylation is 1. The van der Waals surface area contributed by atoms with E-state index in [4.69, 9.17) is 4.74 Å². The summed E-state index contributed by atoms with van der Waals surface area (Å²) in [7, 11) is 1.20. The second-order valence-corrected chi connectivity index (χ2v) is 8.99.